The lowest BCUT2D eigenvalue weighted by Crippen LogP contribution is -2.61. The molecule has 4 unspecified atom stereocenters. The van der Waals surface area contributed by atoms with Crippen LogP contribution >= 0.6 is 11.8 Å². The van der Waals surface area contributed by atoms with Gasteiger partial charge < -0.3 is 18.9 Å². The van der Waals surface area contributed by atoms with E-state index in [2.05, 4.69) is 10.0 Å². The van der Waals surface area contributed by atoms with E-state index in [1.165, 1.54) is 18.7 Å². The van der Waals surface area contributed by atoms with Gasteiger partial charge in [-0.2, -0.15) is 0 Å². The molecule has 156 valence electrons. The molecule has 30 heavy (non-hydrogen) atoms. The summed E-state index contributed by atoms with van der Waals surface area (Å²) in [7, 11) is 0. The van der Waals surface area contributed by atoms with Gasteiger partial charge in [-0.25, -0.2) is 0 Å². The molecule has 2 aromatic rings. The molecule has 2 aliphatic rings. The smallest absolute Gasteiger partial charge is 0.303 e. The van der Waals surface area contributed by atoms with Crippen LogP contribution in [0.25, 0.3) is 10.4 Å². The SMILES string of the molecule is CC(=O)OC1[C@H](N=[N+]=[N-])C2OC(c3ccccc3)OCC2O[C@H]1Sc1ccccc1. The minimum atomic E-state index is -0.806. The van der Waals surface area contributed by atoms with E-state index in [1.54, 1.807) is 0 Å². The highest BCUT2D eigenvalue weighted by molar-refractivity contribution is 7.99. The highest BCUT2D eigenvalue weighted by Gasteiger charge is 2.51. The number of carbonyl (C=O) groups excluding carboxylic acids is 1. The van der Waals surface area contributed by atoms with Crippen molar-refractivity contribution in [2.75, 3.05) is 6.61 Å². The number of azide groups is 1. The van der Waals surface area contributed by atoms with Crippen LogP contribution in [0.4, 0.5) is 0 Å². The molecule has 9 heteroatoms. The Hall–Kier alpha value is -2.55. The Kier molecular flexibility index (Phi) is 6.56. The lowest BCUT2D eigenvalue weighted by atomic mass is 9.96. The van der Waals surface area contributed by atoms with E-state index in [9.17, 15) is 10.3 Å². The summed E-state index contributed by atoms with van der Waals surface area (Å²) in [5, 5.41) is 3.95. The predicted molar refractivity (Wildman–Crippen MR) is 109 cm³/mol. The van der Waals surface area contributed by atoms with Crippen molar-refractivity contribution in [2.24, 2.45) is 5.11 Å². The van der Waals surface area contributed by atoms with E-state index in [-0.39, 0.29) is 6.61 Å². The lowest BCUT2D eigenvalue weighted by molar-refractivity contribution is -0.298. The van der Waals surface area contributed by atoms with Gasteiger partial charge in [-0.1, -0.05) is 65.4 Å². The summed E-state index contributed by atoms with van der Waals surface area (Å²) in [5.41, 5.74) is 9.48. The van der Waals surface area contributed by atoms with Gasteiger partial charge in [-0.05, 0) is 17.7 Å². The van der Waals surface area contributed by atoms with E-state index < -0.39 is 42.0 Å². The van der Waals surface area contributed by atoms with Crippen molar-refractivity contribution in [1.82, 2.24) is 0 Å². The van der Waals surface area contributed by atoms with E-state index in [0.717, 1.165) is 10.5 Å². The maximum absolute atomic E-state index is 11.8. The minimum Gasteiger partial charge on any atom is -0.458 e. The third kappa shape index (κ3) is 4.61. The number of esters is 1. The van der Waals surface area contributed by atoms with Crippen molar-refractivity contribution in [1.29, 1.82) is 0 Å². The molecule has 0 amide bonds. The van der Waals surface area contributed by atoms with Gasteiger partial charge in [0, 0.05) is 22.3 Å². The van der Waals surface area contributed by atoms with Crippen LogP contribution in [0.1, 0.15) is 18.8 Å². The molecular weight excluding hydrogens is 406 g/mol. The molecule has 0 spiro atoms. The third-order valence-corrected chi connectivity index (χ3v) is 6.02. The van der Waals surface area contributed by atoms with Gasteiger partial charge in [0.25, 0.3) is 0 Å². The normalized spacial score (nSPS) is 30.6. The molecule has 2 saturated heterocycles. The summed E-state index contributed by atoms with van der Waals surface area (Å²) in [6.45, 7) is 1.58. The second-order valence-corrected chi connectivity index (χ2v) is 8.09. The van der Waals surface area contributed by atoms with Gasteiger partial charge in [-0.15, -0.1) is 0 Å². The zero-order valence-electron chi connectivity index (χ0n) is 16.2. The molecule has 0 aliphatic carbocycles. The number of fused-ring (bicyclic) bond motifs is 1. The second kappa shape index (κ2) is 9.51. The van der Waals surface area contributed by atoms with Gasteiger partial charge >= 0.3 is 5.97 Å². The summed E-state index contributed by atoms with van der Waals surface area (Å²) in [5.74, 6) is -0.481. The maximum atomic E-state index is 11.8. The van der Waals surface area contributed by atoms with Crippen molar-refractivity contribution in [3.05, 3.63) is 76.7 Å². The second-order valence-electron chi connectivity index (χ2n) is 6.92. The third-order valence-electron chi connectivity index (χ3n) is 4.86. The molecule has 0 N–H and O–H groups in total. The monoisotopic (exact) mass is 427 g/mol. The van der Waals surface area contributed by atoms with Crippen LogP contribution in [-0.4, -0.2) is 42.4 Å². The fourth-order valence-corrected chi connectivity index (χ4v) is 4.71. The topological polar surface area (TPSA) is 103 Å². The molecule has 0 aromatic heterocycles. The number of nitrogens with zero attached hydrogens (tertiary/aromatic N) is 3. The van der Waals surface area contributed by atoms with Crippen LogP contribution in [0.15, 0.2) is 70.7 Å². The number of benzene rings is 2. The maximum Gasteiger partial charge on any atom is 0.303 e. The number of carbonyl (C=O) groups is 1. The average molecular weight is 427 g/mol. The van der Waals surface area contributed by atoms with E-state index in [1.807, 2.05) is 60.7 Å². The Morgan fingerprint density at radius 3 is 2.50 bits per heavy atom. The first-order valence-electron chi connectivity index (χ1n) is 9.56. The van der Waals surface area contributed by atoms with Gasteiger partial charge in [0.2, 0.25) is 0 Å². The Labute approximate surface area is 178 Å². The first-order valence-corrected chi connectivity index (χ1v) is 10.4. The summed E-state index contributed by atoms with van der Waals surface area (Å²) in [6.07, 6.45) is -2.51. The Morgan fingerprint density at radius 1 is 1.13 bits per heavy atom. The zero-order chi connectivity index (χ0) is 20.9. The predicted octanol–water partition coefficient (Wildman–Crippen LogP) is 4.23. The summed E-state index contributed by atoms with van der Waals surface area (Å²) < 4.78 is 23.8. The van der Waals surface area contributed by atoms with Crippen molar-refractivity contribution in [2.45, 2.75) is 47.9 Å². The molecule has 2 aliphatic heterocycles. The van der Waals surface area contributed by atoms with Crippen LogP contribution in [0.3, 0.4) is 0 Å². The van der Waals surface area contributed by atoms with Crippen LogP contribution < -0.4 is 0 Å². The number of ether oxygens (including phenoxy) is 4. The van der Waals surface area contributed by atoms with E-state index >= 15 is 0 Å². The molecular formula is C21H21N3O5S. The Balaban J connectivity index is 1.61. The number of rotatable bonds is 5. The highest BCUT2D eigenvalue weighted by Crippen LogP contribution is 2.41. The van der Waals surface area contributed by atoms with Crippen molar-refractivity contribution in [3.63, 3.8) is 0 Å². The van der Waals surface area contributed by atoms with E-state index in [4.69, 9.17) is 18.9 Å². The molecule has 0 saturated carbocycles. The molecule has 0 bridgehead atoms. The van der Waals surface area contributed by atoms with Gasteiger partial charge in [0.1, 0.15) is 29.8 Å². The van der Waals surface area contributed by atoms with Crippen molar-refractivity contribution >= 4 is 17.7 Å². The molecule has 2 fully saturated rings. The van der Waals surface area contributed by atoms with Crippen molar-refractivity contribution < 1.29 is 23.7 Å². The molecule has 6 atom stereocenters. The number of hydrogen-bond donors (Lipinski definition) is 0. The quantitative estimate of drug-likeness (QED) is 0.306. The summed E-state index contributed by atoms with van der Waals surface area (Å²) in [6, 6.07) is 18.4. The molecule has 2 heterocycles. The number of thioether (sulfide) groups is 1. The van der Waals surface area contributed by atoms with Crippen LogP contribution in [0.5, 0.6) is 0 Å². The Morgan fingerprint density at radius 2 is 1.83 bits per heavy atom. The standard InChI is InChI=1S/C21H21N3O5S/c1-13(25)27-19-17(23-24-22)18-16(28-21(19)30-15-10-6-3-7-11-15)12-26-20(29-18)14-8-4-2-5-9-14/h2-11,16-21H,12H2,1H3/t16?,17-,18?,19?,20?,21+/m1/s1. The largest absolute Gasteiger partial charge is 0.458 e. The van der Waals surface area contributed by atoms with Gasteiger partial charge in [0.15, 0.2) is 6.29 Å². The molecule has 8 nitrogen and oxygen atoms in total. The molecule has 2 aromatic carbocycles. The van der Waals surface area contributed by atoms with Crippen molar-refractivity contribution in [3.8, 4) is 0 Å². The van der Waals surface area contributed by atoms with E-state index in [0.29, 0.717) is 0 Å². The summed E-state index contributed by atoms with van der Waals surface area (Å²) >= 11 is 1.40. The molecule has 0 radical (unpaired) electrons. The fourth-order valence-electron chi connectivity index (χ4n) is 3.58. The first-order chi connectivity index (χ1) is 14.7. The van der Waals surface area contributed by atoms with Gasteiger partial charge in [0.05, 0.1) is 6.61 Å². The first kappa shape index (κ1) is 20.7. The van der Waals surface area contributed by atoms with Gasteiger partial charge in [-0.3, -0.25) is 4.79 Å². The molecule has 4 rings (SSSR count). The fraction of sp³-hybridized carbons (Fsp3) is 0.381. The van der Waals surface area contributed by atoms with Crippen LogP contribution in [0.2, 0.25) is 0 Å². The average Bonchev–Trinajstić information content (AvgIpc) is 2.77. The summed E-state index contributed by atoms with van der Waals surface area (Å²) in [4.78, 5) is 15.8. The van der Waals surface area contributed by atoms with Crippen LogP contribution in [0, 0.1) is 0 Å². The minimum absolute atomic E-state index is 0.264. The zero-order valence-corrected chi connectivity index (χ0v) is 17.1. The highest BCUT2D eigenvalue weighted by atomic mass is 32.2. The van der Waals surface area contributed by atoms with Crippen LogP contribution in [-0.2, 0) is 23.7 Å². The Bertz CT molecular complexity index is 909. The lowest BCUT2D eigenvalue weighted by Gasteiger charge is -2.47. The number of hydrogen-bond acceptors (Lipinski definition) is 7.